The molecule has 0 radical (unpaired) electrons. The van der Waals surface area contributed by atoms with Crippen LogP contribution in [-0.4, -0.2) is 16.1 Å². The smallest absolute Gasteiger partial charge is 0.316 e. The molecule has 0 atom stereocenters. The van der Waals surface area contributed by atoms with Gasteiger partial charge in [0.15, 0.2) is 0 Å². The zero-order chi connectivity index (χ0) is 11.8. The monoisotopic (exact) mass is 239 g/mol. The summed E-state index contributed by atoms with van der Waals surface area (Å²) in [6.45, 7) is 4.17. The normalized spacial score (nSPS) is 19.2. The Morgan fingerprint density at radius 2 is 2.12 bits per heavy atom. The first kappa shape index (κ1) is 11.6. The van der Waals surface area contributed by atoms with E-state index in [0.29, 0.717) is 5.92 Å². The highest BCUT2D eigenvalue weighted by atomic mass is 32.1. The molecule has 0 unspecified atom stereocenters. The second kappa shape index (κ2) is 4.17. The van der Waals surface area contributed by atoms with Gasteiger partial charge < -0.3 is 5.11 Å². The molecule has 4 heteroatoms. The van der Waals surface area contributed by atoms with E-state index >= 15 is 0 Å². The molecular weight excluding hydrogens is 222 g/mol. The van der Waals surface area contributed by atoms with Gasteiger partial charge in [0.1, 0.15) is 10.4 Å². The summed E-state index contributed by atoms with van der Waals surface area (Å²) in [6.07, 6.45) is 3.49. The van der Waals surface area contributed by atoms with Crippen LogP contribution in [0.2, 0.25) is 0 Å². The fourth-order valence-corrected chi connectivity index (χ4v) is 3.50. The molecule has 0 amide bonds. The minimum atomic E-state index is -0.699. The number of hydrogen-bond donors (Lipinski definition) is 1. The Morgan fingerprint density at radius 3 is 2.56 bits per heavy atom. The summed E-state index contributed by atoms with van der Waals surface area (Å²) >= 11 is 1.51. The number of carboxylic acids is 1. The summed E-state index contributed by atoms with van der Waals surface area (Å²) in [5.74, 6) is -0.327. The van der Waals surface area contributed by atoms with E-state index in [1.165, 1.54) is 11.3 Å². The van der Waals surface area contributed by atoms with Gasteiger partial charge in [-0.3, -0.25) is 4.79 Å². The molecule has 16 heavy (non-hydrogen) atoms. The molecule has 1 heterocycles. The van der Waals surface area contributed by atoms with Crippen molar-refractivity contribution in [2.45, 2.75) is 50.9 Å². The maximum absolute atomic E-state index is 11.5. The molecule has 0 spiro atoms. The van der Waals surface area contributed by atoms with Gasteiger partial charge in [0.25, 0.3) is 0 Å². The lowest BCUT2D eigenvalue weighted by atomic mass is 9.87. The third-order valence-electron chi connectivity index (χ3n) is 3.39. The van der Waals surface area contributed by atoms with Gasteiger partial charge in [-0.05, 0) is 18.8 Å². The van der Waals surface area contributed by atoms with Gasteiger partial charge in [-0.1, -0.05) is 26.7 Å². The van der Waals surface area contributed by atoms with Crippen LogP contribution in [-0.2, 0) is 10.2 Å². The van der Waals surface area contributed by atoms with Crippen LogP contribution in [0.3, 0.4) is 0 Å². The second-order valence-corrected chi connectivity index (χ2v) is 5.68. The maximum atomic E-state index is 11.5. The number of thiazole rings is 1. The molecule has 0 saturated heterocycles. The van der Waals surface area contributed by atoms with Crippen LogP contribution < -0.4 is 0 Å². The average molecular weight is 239 g/mol. The van der Waals surface area contributed by atoms with E-state index in [2.05, 4.69) is 18.8 Å². The maximum Gasteiger partial charge on any atom is 0.316 e. The zero-order valence-corrected chi connectivity index (χ0v) is 10.5. The topological polar surface area (TPSA) is 50.2 Å². The van der Waals surface area contributed by atoms with Crippen molar-refractivity contribution in [3.63, 3.8) is 0 Å². The summed E-state index contributed by atoms with van der Waals surface area (Å²) in [6, 6.07) is 0. The third kappa shape index (κ3) is 1.75. The van der Waals surface area contributed by atoms with E-state index in [-0.39, 0.29) is 0 Å². The molecule has 88 valence electrons. The molecular formula is C12H17NO2S. The van der Waals surface area contributed by atoms with E-state index in [9.17, 15) is 9.90 Å². The fraction of sp³-hybridized carbons (Fsp3) is 0.667. The molecule has 1 aromatic rings. The van der Waals surface area contributed by atoms with Crippen LogP contribution in [0.15, 0.2) is 5.38 Å². The van der Waals surface area contributed by atoms with Gasteiger partial charge >= 0.3 is 5.97 Å². The van der Waals surface area contributed by atoms with Crippen LogP contribution in [0.5, 0.6) is 0 Å². The molecule has 0 bridgehead atoms. The van der Waals surface area contributed by atoms with Crippen molar-refractivity contribution < 1.29 is 9.90 Å². The number of hydrogen-bond acceptors (Lipinski definition) is 3. The van der Waals surface area contributed by atoms with E-state index in [1.54, 1.807) is 0 Å². The van der Waals surface area contributed by atoms with E-state index < -0.39 is 11.4 Å². The molecule has 1 N–H and O–H groups in total. The Hall–Kier alpha value is -0.900. The van der Waals surface area contributed by atoms with Gasteiger partial charge in [0.05, 0.1) is 5.69 Å². The predicted octanol–water partition coefficient (Wildman–Crippen LogP) is 3.16. The highest BCUT2D eigenvalue weighted by Crippen LogP contribution is 2.43. The summed E-state index contributed by atoms with van der Waals surface area (Å²) < 4.78 is 0. The second-order valence-electron chi connectivity index (χ2n) is 4.83. The first-order valence-electron chi connectivity index (χ1n) is 5.75. The highest BCUT2D eigenvalue weighted by Gasteiger charge is 2.45. The van der Waals surface area contributed by atoms with Crippen LogP contribution >= 0.6 is 11.3 Å². The molecule has 3 nitrogen and oxygen atoms in total. The van der Waals surface area contributed by atoms with Crippen molar-refractivity contribution in [3.05, 3.63) is 16.1 Å². The van der Waals surface area contributed by atoms with Gasteiger partial charge in [-0.2, -0.15) is 0 Å². The van der Waals surface area contributed by atoms with Crippen molar-refractivity contribution in [3.8, 4) is 0 Å². The minimum absolute atomic E-state index is 0.372. The van der Waals surface area contributed by atoms with Crippen molar-refractivity contribution in [2.75, 3.05) is 0 Å². The lowest BCUT2D eigenvalue weighted by molar-refractivity contribution is -0.143. The molecule has 1 saturated carbocycles. The zero-order valence-electron chi connectivity index (χ0n) is 9.69. The summed E-state index contributed by atoms with van der Waals surface area (Å²) in [5, 5.41) is 12.2. The number of nitrogens with zero attached hydrogens (tertiary/aromatic N) is 1. The molecule has 1 aliphatic rings. The standard InChI is InChI=1S/C12H17NO2S/c1-8(2)9-7-16-10(13-9)12(11(14)15)5-3-4-6-12/h7-8H,3-6H2,1-2H3,(H,14,15). The number of aromatic nitrogens is 1. The van der Waals surface area contributed by atoms with Crippen LogP contribution in [0, 0.1) is 0 Å². The number of carboxylic acid groups (broad SMARTS) is 1. The van der Waals surface area contributed by atoms with Crippen molar-refractivity contribution in [1.29, 1.82) is 0 Å². The van der Waals surface area contributed by atoms with Gasteiger partial charge in [0.2, 0.25) is 0 Å². The molecule has 1 aromatic heterocycles. The Bertz CT molecular complexity index is 391. The summed E-state index contributed by atoms with van der Waals surface area (Å²) in [5.41, 5.74) is 0.338. The van der Waals surface area contributed by atoms with Crippen molar-refractivity contribution >= 4 is 17.3 Å². The average Bonchev–Trinajstić information content (AvgIpc) is 2.87. The van der Waals surface area contributed by atoms with Crippen LogP contribution in [0.4, 0.5) is 0 Å². The highest BCUT2D eigenvalue weighted by molar-refractivity contribution is 7.10. The largest absolute Gasteiger partial charge is 0.481 e. The fourth-order valence-electron chi connectivity index (χ4n) is 2.27. The summed E-state index contributed by atoms with van der Waals surface area (Å²) in [4.78, 5) is 16.0. The van der Waals surface area contributed by atoms with Crippen LogP contribution in [0.25, 0.3) is 0 Å². The Labute approximate surface area is 99.5 Å². The minimum Gasteiger partial charge on any atom is -0.481 e. The molecule has 2 rings (SSSR count). The lowest BCUT2D eigenvalue weighted by Crippen LogP contribution is -2.32. The number of carbonyl (C=O) groups is 1. The molecule has 1 aliphatic carbocycles. The molecule has 1 fully saturated rings. The number of aliphatic carboxylic acids is 1. The quantitative estimate of drug-likeness (QED) is 0.881. The van der Waals surface area contributed by atoms with Gasteiger partial charge in [-0.25, -0.2) is 4.98 Å². The Morgan fingerprint density at radius 1 is 1.50 bits per heavy atom. The SMILES string of the molecule is CC(C)c1csc(C2(C(=O)O)CCCC2)n1. The molecule has 0 aromatic carbocycles. The molecule has 0 aliphatic heterocycles. The van der Waals surface area contributed by atoms with Gasteiger partial charge in [-0.15, -0.1) is 11.3 Å². The predicted molar refractivity (Wildman–Crippen MR) is 64.0 cm³/mol. The number of rotatable bonds is 3. The van der Waals surface area contributed by atoms with Gasteiger partial charge in [0, 0.05) is 5.38 Å². The summed E-state index contributed by atoms with van der Waals surface area (Å²) in [7, 11) is 0. The van der Waals surface area contributed by atoms with Crippen LogP contribution in [0.1, 0.15) is 56.2 Å². The van der Waals surface area contributed by atoms with Crippen molar-refractivity contribution in [2.24, 2.45) is 0 Å². The lowest BCUT2D eigenvalue weighted by Gasteiger charge is -2.20. The third-order valence-corrected chi connectivity index (χ3v) is 4.45. The first-order valence-corrected chi connectivity index (χ1v) is 6.63. The van der Waals surface area contributed by atoms with E-state index in [4.69, 9.17) is 0 Å². The first-order chi connectivity index (χ1) is 7.56. The Kier molecular flexibility index (Phi) is 3.02. The van der Waals surface area contributed by atoms with Crippen molar-refractivity contribution in [1.82, 2.24) is 4.98 Å². The van der Waals surface area contributed by atoms with E-state index in [0.717, 1.165) is 36.4 Å². The van der Waals surface area contributed by atoms with E-state index in [1.807, 2.05) is 5.38 Å². The Balaban J connectivity index is 2.36.